The number of halogens is 1. The molecule has 2 saturated heterocycles. The highest BCUT2D eigenvalue weighted by Crippen LogP contribution is 2.44. The van der Waals surface area contributed by atoms with Gasteiger partial charge in [0.1, 0.15) is 5.82 Å². The van der Waals surface area contributed by atoms with E-state index >= 15 is 0 Å². The molecule has 0 bridgehead atoms. The van der Waals surface area contributed by atoms with E-state index in [1.807, 2.05) is 35.2 Å². The van der Waals surface area contributed by atoms with Crippen molar-refractivity contribution in [2.75, 3.05) is 18.0 Å². The van der Waals surface area contributed by atoms with E-state index in [4.69, 9.17) is 0 Å². The van der Waals surface area contributed by atoms with E-state index in [0.717, 1.165) is 43.6 Å². The van der Waals surface area contributed by atoms with Gasteiger partial charge in [0, 0.05) is 35.9 Å². The Hall–Kier alpha value is -2.36. The van der Waals surface area contributed by atoms with Crippen molar-refractivity contribution < 1.29 is 9.18 Å². The molecular formula is C24H29FN2O. The Morgan fingerprint density at radius 1 is 1.18 bits per heavy atom. The maximum Gasteiger partial charge on any atom is 0.253 e. The zero-order valence-electron chi connectivity index (χ0n) is 17.0. The number of carbonyl (C=O) groups excluding carboxylic acids is 1. The molecule has 0 saturated carbocycles. The molecule has 0 unspecified atom stereocenters. The van der Waals surface area contributed by atoms with Gasteiger partial charge in [-0.3, -0.25) is 4.79 Å². The van der Waals surface area contributed by atoms with Crippen molar-refractivity contribution in [3.8, 4) is 0 Å². The number of likely N-dealkylation sites (tertiary alicyclic amines) is 1. The van der Waals surface area contributed by atoms with Gasteiger partial charge in [-0.15, -0.1) is 0 Å². The second-order valence-corrected chi connectivity index (χ2v) is 8.78. The monoisotopic (exact) mass is 380 g/mol. The number of carbonyl (C=O) groups is 1. The summed E-state index contributed by atoms with van der Waals surface area (Å²) >= 11 is 0. The third-order valence-electron chi connectivity index (χ3n) is 6.42. The lowest BCUT2D eigenvalue weighted by atomic mass is 9.89. The zero-order valence-corrected chi connectivity index (χ0v) is 17.0. The maximum atomic E-state index is 13.8. The van der Waals surface area contributed by atoms with Crippen LogP contribution in [0.5, 0.6) is 0 Å². The first kappa shape index (κ1) is 19.0. The summed E-state index contributed by atoms with van der Waals surface area (Å²) in [5.74, 6) is 0.342. The molecule has 2 aliphatic heterocycles. The first-order valence-corrected chi connectivity index (χ1v) is 10.3. The van der Waals surface area contributed by atoms with Crippen LogP contribution in [0, 0.1) is 11.7 Å². The average molecular weight is 381 g/mol. The molecule has 0 aliphatic carbocycles. The molecule has 2 aromatic rings. The minimum Gasteiger partial charge on any atom is -0.363 e. The summed E-state index contributed by atoms with van der Waals surface area (Å²) in [5.41, 5.74) is 2.92. The summed E-state index contributed by atoms with van der Waals surface area (Å²) in [6, 6.07) is 15.3. The summed E-state index contributed by atoms with van der Waals surface area (Å²) in [6.07, 6.45) is 2.91. The number of amides is 1. The summed E-state index contributed by atoms with van der Waals surface area (Å²) in [4.78, 5) is 17.4. The van der Waals surface area contributed by atoms with Crippen LogP contribution in [0.1, 0.15) is 49.5 Å². The number of benzene rings is 2. The van der Waals surface area contributed by atoms with Gasteiger partial charge in [-0.1, -0.05) is 25.1 Å². The van der Waals surface area contributed by atoms with Gasteiger partial charge in [-0.05, 0) is 74.9 Å². The molecule has 0 spiro atoms. The molecule has 1 amide bonds. The van der Waals surface area contributed by atoms with Gasteiger partial charge in [0.25, 0.3) is 5.91 Å². The van der Waals surface area contributed by atoms with E-state index in [1.165, 1.54) is 11.6 Å². The second-order valence-electron chi connectivity index (χ2n) is 8.78. The summed E-state index contributed by atoms with van der Waals surface area (Å²) in [6.45, 7) is 8.09. The lowest BCUT2D eigenvalue weighted by molar-refractivity contribution is 0.0667. The summed E-state index contributed by atoms with van der Waals surface area (Å²) < 4.78 is 13.8. The van der Waals surface area contributed by atoms with Crippen molar-refractivity contribution in [2.45, 2.75) is 51.6 Å². The molecule has 0 radical (unpaired) electrons. The third-order valence-corrected chi connectivity index (χ3v) is 6.42. The van der Waals surface area contributed by atoms with Crippen molar-refractivity contribution in [1.29, 1.82) is 0 Å². The number of piperidine rings is 1. The normalized spacial score (nSPS) is 23.6. The Kier molecular flexibility index (Phi) is 4.90. The number of hydrogen-bond acceptors (Lipinski definition) is 2. The molecule has 4 rings (SSSR count). The molecule has 2 aliphatic rings. The number of rotatable bonds is 3. The number of aryl methyl sites for hydroxylation is 1. The number of anilines is 1. The molecule has 4 heteroatoms. The minimum atomic E-state index is -0.195. The number of nitrogens with zero attached hydrogens (tertiary/aromatic N) is 2. The van der Waals surface area contributed by atoms with E-state index in [-0.39, 0.29) is 17.3 Å². The van der Waals surface area contributed by atoms with Crippen LogP contribution < -0.4 is 4.90 Å². The lowest BCUT2D eigenvalue weighted by Gasteiger charge is -2.42. The third kappa shape index (κ3) is 3.41. The first-order chi connectivity index (χ1) is 13.4. The fourth-order valence-electron chi connectivity index (χ4n) is 5.17. The van der Waals surface area contributed by atoms with Gasteiger partial charge in [-0.2, -0.15) is 0 Å². The van der Waals surface area contributed by atoms with E-state index in [1.54, 1.807) is 12.1 Å². The lowest BCUT2D eigenvalue weighted by Crippen LogP contribution is -2.50. The highest BCUT2D eigenvalue weighted by atomic mass is 19.1. The summed E-state index contributed by atoms with van der Waals surface area (Å²) in [7, 11) is 0. The van der Waals surface area contributed by atoms with Gasteiger partial charge < -0.3 is 9.80 Å². The number of hydrogen-bond donors (Lipinski definition) is 0. The Morgan fingerprint density at radius 3 is 2.61 bits per heavy atom. The van der Waals surface area contributed by atoms with Crippen LogP contribution in [0.25, 0.3) is 0 Å². The van der Waals surface area contributed by atoms with Crippen molar-refractivity contribution in [3.63, 3.8) is 0 Å². The van der Waals surface area contributed by atoms with Crippen LogP contribution in [-0.2, 0) is 6.42 Å². The number of fused-ring (bicyclic) bond motifs is 1. The molecule has 28 heavy (non-hydrogen) atoms. The van der Waals surface area contributed by atoms with Gasteiger partial charge >= 0.3 is 0 Å². The van der Waals surface area contributed by atoms with Crippen LogP contribution >= 0.6 is 0 Å². The quantitative estimate of drug-likeness (QED) is 0.755. The molecule has 2 heterocycles. The predicted molar refractivity (Wildman–Crippen MR) is 111 cm³/mol. The van der Waals surface area contributed by atoms with Crippen LogP contribution in [0.2, 0.25) is 0 Å². The van der Waals surface area contributed by atoms with Crippen molar-refractivity contribution >= 4 is 11.6 Å². The van der Waals surface area contributed by atoms with E-state index in [9.17, 15) is 9.18 Å². The second kappa shape index (κ2) is 7.23. The Labute approximate surface area is 167 Å². The first-order valence-electron chi connectivity index (χ1n) is 10.3. The van der Waals surface area contributed by atoms with E-state index in [2.05, 4.69) is 25.7 Å². The average Bonchev–Trinajstić information content (AvgIpc) is 2.96. The highest BCUT2D eigenvalue weighted by Gasteiger charge is 2.48. The zero-order chi connectivity index (χ0) is 19.9. The Bertz CT molecular complexity index is 861. The standard InChI is InChI=1S/C24H29FN2O/c1-4-17-8-10-18(11-9-17)23(28)26-13-12-22-19(16-26)15-24(2,3)27(22)21-7-5-6-20(25)14-21/h5-11,14,19,22H,4,12-13,15-16H2,1-3H3/t19-,22+/m1/s1. The van der Waals surface area contributed by atoms with Gasteiger partial charge in [0.15, 0.2) is 0 Å². The van der Waals surface area contributed by atoms with Crippen LogP contribution in [0.4, 0.5) is 10.1 Å². The van der Waals surface area contributed by atoms with Crippen LogP contribution in [-0.4, -0.2) is 35.5 Å². The fourth-order valence-corrected chi connectivity index (χ4v) is 5.17. The fraction of sp³-hybridized carbons (Fsp3) is 0.458. The van der Waals surface area contributed by atoms with Gasteiger partial charge in [0.2, 0.25) is 0 Å². The van der Waals surface area contributed by atoms with Crippen molar-refractivity contribution in [2.24, 2.45) is 5.92 Å². The SMILES string of the molecule is CCc1ccc(C(=O)N2CC[C@H]3[C@@H](C2)CC(C)(C)N3c2cccc(F)c2)cc1. The molecular weight excluding hydrogens is 351 g/mol. The Balaban J connectivity index is 1.52. The van der Waals surface area contributed by atoms with Crippen LogP contribution in [0.15, 0.2) is 48.5 Å². The molecule has 2 aromatic carbocycles. The van der Waals surface area contributed by atoms with Gasteiger partial charge in [-0.25, -0.2) is 4.39 Å². The van der Waals surface area contributed by atoms with Crippen molar-refractivity contribution in [1.82, 2.24) is 4.90 Å². The molecule has 2 atom stereocenters. The van der Waals surface area contributed by atoms with E-state index in [0.29, 0.717) is 12.0 Å². The van der Waals surface area contributed by atoms with E-state index < -0.39 is 0 Å². The minimum absolute atomic E-state index is 0.0506. The van der Waals surface area contributed by atoms with Crippen LogP contribution in [0.3, 0.4) is 0 Å². The maximum absolute atomic E-state index is 13.8. The largest absolute Gasteiger partial charge is 0.363 e. The topological polar surface area (TPSA) is 23.6 Å². The molecule has 148 valence electrons. The molecule has 3 nitrogen and oxygen atoms in total. The predicted octanol–water partition coefficient (Wildman–Crippen LogP) is 4.91. The smallest absolute Gasteiger partial charge is 0.253 e. The Morgan fingerprint density at radius 2 is 1.93 bits per heavy atom. The van der Waals surface area contributed by atoms with Gasteiger partial charge in [0.05, 0.1) is 0 Å². The molecule has 0 N–H and O–H groups in total. The molecule has 0 aromatic heterocycles. The van der Waals surface area contributed by atoms with Crippen molar-refractivity contribution in [3.05, 3.63) is 65.5 Å². The molecule has 2 fully saturated rings. The summed E-state index contributed by atoms with van der Waals surface area (Å²) in [5, 5.41) is 0. The highest BCUT2D eigenvalue weighted by molar-refractivity contribution is 5.94.